The van der Waals surface area contributed by atoms with Gasteiger partial charge in [0.05, 0.1) is 5.75 Å². The summed E-state index contributed by atoms with van der Waals surface area (Å²) in [6.07, 6.45) is 4.75. The molecular formula is C11H16N4OS2. The summed E-state index contributed by atoms with van der Waals surface area (Å²) >= 11 is 3.04. The molecule has 1 aliphatic carbocycles. The Morgan fingerprint density at radius 2 is 2.17 bits per heavy atom. The molecular weight excluding hydrogens is 268 g/mol. The summed E-state index contributed by atoms with van der Waals surface area (Å²) in [6.45, 7) is 1.84. The average molecular weight is 284 g/mol. The predicted molar refractivity (Wildman–Crippen MR) is 73.1 cm³/mol. The van der Waals surface area contributed by atoms with Gasteiger partial charge in [-0.2, -0.15) is 0 Å². The summed E-state index contributed by atoms with van der Waals surface area (Å²) in [7, 11) is 0. The van der Waals surface area contributed by atoms with Crippen LogP contribution < -0.4 is 5.32 Å². The van der Waals surface area contributed by atoms with E-state index >= 15 is 0 Å². The van der Waals surface area contributed by atoms with Gasteiger partial charge >= 0.3 is 0 Å². The number of aromatic nitrogens is 2. The molecule has 0 radical (unpaired) electrons. The maximum Gasteiger partial charge on any atom is 0.233 e. The first-order chi connectivity index (χ1) is 8.81. The Labute approximate surface area is 114 Å². The van der Waals surface area contributed by atoms with Crippen molar-refractivity contribution in [3.8, 4) is 0 Å². The predicted octanol–water partition coefficient (Wildman–Crippen LogP) is 1.83. The molecule has 1 saturated carbocycles. The van der Waals surface area contributed by atoms with Gasteiger partial charge in [-0.3, -0.25) is 4.79 Å². The van der Waals surface area contributed by atoms with Gasteiger partial charge in [-0.15, -0.1) is 10.2 Å². The normalized spacial score (nSPS) is 19.2. The lowest BCUT2D eigenvalue weighted by atomic mass is 10.4. The lowest BCUT2D eigenvalue weighted by Crippen LogP contribution is -2.29. The van der Waals surface area contributed by atoms with Crippen molar-refractivity contribution in [2.24, 2.45) is 0 Å². The molecule has 1 aliphatic heterocycles. The second kappa shape index (κ2) is 5.44. The van der Waals surface area contributed by atoms with Crippen LogP contribution in [-0.4, -0.2) is 45.9 Å². The Hall–Kier alpha value is -0.820. The molecule has 1 amide bonds. The fourth-order valence-electron chi connectivity index (χ4n) is 1.91. The third-order valence-corrected chi connectivity index (χ3v) is 5.06. The Balaban J connectivity index is 1.46. The van der Waals surface area contributed by atoms with Crippen LogP contribution in [0.2, 0.25) is 0 Å². The van der Waals surface area contributed by atoms with Crippen LogP contribution in [0, 0.1) is 0 Å². The number of hydrogen-bond acceptors (Lipinski definition) is 6. The van der Waals surface area contributed by atoms with Gasteiger partial charge in [-0.05, 0) is 25.7 Å². The number of hydrogen-bond donors (Lipinski definition) is 1. The number of nitrogens with one attached hydrogen (secondary N) is 1. The molecule has 0 atom stereocenters. The zero-order valence-electron chi connectivity index (χ0n) is 10.1. The molecule has 2 fully saturated rings. The summed E-state index contributed by atoms with van der Waals surface area (Å²) in [5.41, 5.74) is 0. The first kappa shape index (κ1) is 12.2. The van der Waals surface area contributed by atoms with Gasteiger partial charge in [0.1, 0.15) is 0 Å². The quantitative estimate of drug-likeness (QED) is 0.836. The zero-order valence-corrected chi connectivity index (χ0v) is 11.7. The minimum Gasteiger partial charge on any atom is -0.357 e. The Bertz CT molecular complexity index is 426. The highest BCUT2D eigenvalue weighted by Gasteiger charge is 2.23. The second-order valence-electron chi connectivity index (χ2n) is 4.67. The number of likely N-dealkylation sites (tertiary alicyclic amines) is 1. The molecule has 1 aromatic heterocycles. The van der Waals surface area contributed by atoms with Crippen LogP contribution in [0.25, 0.3) is 0 Å². The SMILES string of the molecule is O=C(CSc1nnc(NC2CC2)s1)N1CCCC1. The minimum absolute atomic E-state index is 0.226. The lowest BCUT2D eigenvalue weighted by Gasteiger charge is -2.13. The van der Waals surface area contributed by atoms with Crippen LogP contribution >= 0.6 is 23.1 Å². The summed E-state index contributed by atoms with van der Waals surface area (Å²) in [4.78, 5) is 13.8. The van der Waals surface area contributed by atoms with E-state index in [-0.39, 0.29) is 5.91 Å². The van der Waals surface area contributed by atoms with E-state index < -0.39 is 0 Å². The van der Waals surface area contributed by atoms with Crippen molar-refractivity contribution in [2.75, 3.05) is 24.2 Å². The number of nitrogens with zero attached hydrogens (tertiary/aromatic N) is 3. The highest BCUT2D eigenvalue weighted by Crippen LogP contribution is 2.30. The molecule has 98 valence electrons. The molecule has 2 aliphatic rings. The van der Waals surface area contributed by atoms with Crippen molar-refractivity contribution >= 4 is 34.1 Å². The highest BCUT2D eigenvalue weighted by molar-refractivity contribution is 8.01. The number of carbonyl (C=O) groups is 1. The standard InChI is InChI=1S/C11H16N4OS2/c16-9(15-5-1-2-6-15)7-17-11-14-13-10(18-11)12-8-3-4-8/h8H,1-7H2,(H,12,13). The van der Waals surface area contributed by atoms with E-state index in [0.29, 0.717) is 11.8 Å². The smallest absolute Gasteiger partial charge is 0.233 e. The molecule has 18 heavy (non-hydrogen) atoms. The van der Waals surface area contributed by atoms with E-state index in [1.54, 1.807) is 11.3 Å². The molecule has 1 N–H and O–H groups in total. The number of amides is 1. The van der Waals surface area contributed by atoms with Crippen molar-refractivity contribution < 1.29 is 4.79 Å². The fourth-order valence-corrected chi connectivity index (χ4v) is 3.64. The maximum absolute atomic E-state index is 11.9. The first-order valence-electron chi connectivity index (χ1n) is 6.32. The van der Waals surface area contributed by atoms with Crippen molar-refractivity contribution in [3.63, 3.8) is 0 Å². The Morgan fingerprint density at radius 1 is 1.39 bits per heavy atom. The van der Waals surface area contributed by atoms with Crippen molar-refractivity contribution in [2.45, 2.75) is 36.1 Å². The van der Waals surface area contributed by atoms with Crippen molar-refractivity contribution in [1.82, 2.24) is 15.1 Å². The van der Waals surface area contributed by atoms with E-state index in [9.17, 15) is 4.79 Å². The summed E-state index contributed by atoms with van der Waals surface area (Å²) in [5, 5.41) is 12.4. The molecule has 1 aromatic rings. The molecule has 0 aromatic carbocycles. The summed E-state index contributed by atoms with van der Waals surface area (Å²) in [6, 6.07) is 0.599. The summed E-state index contributed by atoms with van der Waals surface area (Å²) in [5.74, 6) is 0.710. The van der Waals surface area contributed by atoms with Gasteiger partial charge in [0, 0.05) is 19.1 Å². The maximum atomic E-state index is 11.9. The topological polar surface area (TPSA) is 58.1 Å². The van der Waals surface area contributed by atoms with Crippen LogP contribution in [0.15, 0.2) is 4.34 Å². The second-order valence-corrected chi connectivity index (χ2v) is 6.87. The van der Waals surface area contributed by atoms with E-state index in [0.717, 1.165) is 35.4 Å². The first-order valence-corrected chi connectivity index (χ1v) is 8.12. The monoisotopic (exact) mass is 284 g/mol. The van der Waals surface area contributed by atoms with Crippen molar-refractivity contribution in [3.05, 3.63) is 0 Å². The third-order valence-electron chi connectivity index (χ3n) is 3.09. The van der Waals surface area contributed by atoms with Crippen LogP contribution in [0.4, 0.5) is 5.13 Å². The van der Waals surface area contributed by atoms with E-state index in [4.69, 9.17) is 0 Å². The number of thioether (sulfide) groups is 1. The molecule has 2 heterocycles. The Kier molecular flexibility index (Phi) is 3.69. The summed E-state index contributed by atoms with van der Waals surface area (Å²) < 4.78 is 0.880. The number of rotatable bonds is 5. The van der Waals surface area contributed by atoms with Crippen LogP contribution in [0.1, 0.15) is 25.7 Å². The Morgan fingerprint density at radius 3 is 2.89 bits per heavy atom. The molecule has 0 spiro atoms. The van der Waals surface area contributed by atoms with Gasteiger partial charge in [-0.1, -0.05) is 23.1 Å². The van der Waals surface area contributed by atoms with E-state index in [1.165, 1.54) is 24.6 Å². The molecule has 7 heteroatoms. The molecule has 0 bridgehead atoms. The van der Waals surface area contributed by atoms with E-state index in [1.807, 2.05) is 4.90 Å². The third kappa shape index (κ3) is 3.14. The largest absolute Gasteiger partial charge is 0.357 e. The molecule has 3 rings (SSSR count). The van der Waals surface area contributed by atoms with Gasteiger partial charge in [0.2, 0.25) is 11.0 Å². The highest BCUT2D eigenvalue weighted by atomic mass is 32.2. The number of carbonyl (C=O) groups excluding carboxylic acids is 1. The molecule has 5 nitrogen and oxygen atoms in total. The van der Waals surface area contributed by atoms with E-state index in [2.05, 4.69) is 15.5 Å². The zero-order chi connectivity index (χ0) is 12.4. The van der Waals surface area contributed by atoms with Crippen LogP contribution in [-0.2, 0) is 4.79 Å². The van der Waals surface area contributed by atoms with Crippen molar-refractivity contribution in [1.29, 1.82) is 0 Å². The van der Waals surface area contributed by atoms with Gasteiger partial charge in [-0.25, -0.2) is 0 Å². The van der Waals surface area contributed by atoms with Crippen LogP contribution in [0.3, 0.4) is 0 Å². The number of anilines is 1. The van der Waals surface area contributed by atoms with Crippen LogP contribution in [0.5, 0.6) is 0 Å². The molecule has 1 saturated heterocycles. The van der Waals surface area contributed by atoms with Gasteiger partial charge < -0.3 is 10.2 Å². The minimum atomic E-state index is 0.226. The average Bonchev–Trinajstić information content (AvgIpc) is 2.87. The molecule has 0 unspecified atom stereocenters. The lowest BCUT2D eigenvalue weighted by molar-refractivity contribution is -0.127. The fraction of sp³-hybridized carbons (Fsp3) is 0.727. The van der Waals surface area contributed by atoms with Gasteiger partial charge in [0.15, 0.2) is 4.34 Å². The van der Waals surface area contributed by atoms with Gasteiger partial charge in [0.25, 0.3) is 0 Å².